The number of hydrogen-bond donors (Lipinski definition) is 1. The number of nitrogens with two attached hydrogens (primary N) is 1. The van der Waals surface area contributed by atoms with Crippen molar-refractivity contribution in [3.05, 3.63) is 0 Å². The highest BCUT2D eigenvalue weighted by Crippen LogP contribution is 1.95. The molecule has 66 valence electrons. The molecule has 0 unspecified atom stereocenters. The van der Waals surface area contributed by atoms with E-state index in [9.17, 15) is 8.42 Å². The van der Waals surface area contributed by atoms with Crippen molar-refractivity contribution in [2.75, 3.05) is 12.8 Å². The molecule has 0 bridgehead atoms. The van der Waals surface area contributed by atoms with Gasteiger partial charge in [0.05, 0.1) is 6.26 Å². The molecule has 0 aliphatic rings. The molecule has 0 aromatic heterocycles. The van der Waals surface area contributed by atoms with Gasteiger partial charge < -0.3 is 5.73 Å². The Labute approximate surface area is 71.2 Å². The van der Waals surface area contributed by atoms with Crippen LogP contribution in [0.2, 0.25) is 0 Å². The van der Waals surface area contributed by atoms with Crippen molar-refractivity contribution in [2.45, 2.75) is 6.92 Å². The molecule has 0 aromatic carbocycles. The minimum atomic E-state index is -3.52. The molecule has 0 rings (SSSR count). The summed E-state index contributed by atoms with van der Waals surface area (Å²) in [5.41, 5.74) is 5.12. The van der Waals surface area contributed by atoms with Crippen molar-refractivity contribution in [3.8, 4) is 0 Å². The highest BCUT2D eigenvalue weighted by atomic mass is 32.2. The van der Waals surface area contributed by atoms with Gasteiger partial charge in [-0.15, -0.1) is 4.28 Å². The quantitative estimate of drug-likeness (QED) is 0.484. The van der Waals surface area contributed by atoms with Crippen LogP contribution in [0.15, 0.2) is 0 Å². The Hall–Kier alpha value is -0.400. The Kier molecular flexibility index (Phi) is 3.70. The van der Waals surface area contributed by atoms with Gasteiger partial charge >= 0.3 is 0 Å². The van der Waals surface area contributed by atoms with Crippen LogP contribution in [-0.2, 0) is 14.4 Å². The van der Waals surface area contributed by atoms with Gasteiger partial charge in [-0.3, -0.25) is 0 Å². The number of nitrogens with zero attached hydrogens (tertiary/aromatic N) is 1. The standard InChI is InChI=1S/C4H10N2O3S2/c1-3-6(4(5)10)9-11(2,7)8/h3H2,1-2H3,(H2,5,10). The first-order valence-electron chi connectivity index (χ1n) is 2.83. The Bertz CT molecular complexity index is 236. The van der Waals surface area contributed by atoms with Crippen molar-refractivity contribution in [1.82, 2.24) is 5.06 Å². The molecule has 0 radical (unpaired) electrons. The van der Waals surface area contributed by atoms with Crippen LogP contribution in [0.25, 0.3) is 0 Å². The lowest BCUT2D eigenvalue weighted by molar-refractivity contribution is 0.0360. The Balaban J connectivity index is 4.22. The topological polar surface area (TPSA) is 72.6 Å². The predicted molar refractivity (Wildman–Crippen MR) is 45.1 cm³/mol. The van der Waals surface area contributed by atoms with E-state index in [1.165, 1.54) is 0 Å². The molecular weight excluding hydrogens is 188 g/mol. The maximum Gasteiger partial charge on any atom is 0.285 e. The molecule has 0 aliphatic heterocycles. The molecule has 0 saturated heterocycles. The molecule has 5 nitrogen and oxygen atoms in total. The highest BCUT2D eigenvalue weighted by Gasteiger charge is 2.11. The lowest BCUT2D eigenvalue weighted by atomic mass is 10.7. The van der Waals surface area contributed by atoms with Crippen LogP contribution in [0.5, 0.6) is 0 Å². The lowest BCUT2D eigenvalue weighted by Crippen LogP contribution is -2.36. The number of hydrogen-bond acceptors (Lipinski definition) is 4. The maximum absolute atomic E-state index is 10.5. The van der Waals surface area contributed by atoms with Gasteiger partial charge in [0, 0.05) is 6.54 Å². The van der Waals surface area contributed by atoms with Crippen molar-refractivity contribution >= 4 is 27.4 Å². The third-order valence-corrected chi connectivity index (χ3v) is 1.41. The van der Waals surface area contributed by atoms with E-state index in [0.717, 1.165) is 11.3 Å². The van der Waals surface area contributed by atoms with Crippen LogP contribution in [0.1, 0.15) is 6.92 Å². The van der Waals surface area contributed by atoms with E-state index >= 15 is 0 Å². The summed E-state index contributed by atoms with van der Waals surface area (Å²) in [7, 11) is -3.52. The van der Waals surface area contributed by atoms with Gasteiger partial charge in [-0.25, -0.2) is 5.06 Å². The molecule has 11 heavy (non-hydrogen) atoms. The van der Waals surface area contributed by atoms with E-state index in [2.05, 4.69) is 16.5 Å². The van der Waals surface area contributed by atoms with Gasteiger partial charge in [0.15, 0.2) is 5.11 Å². The van der Waals surface area contributed by atoms with Crippen LogP contribution >= 0.6 is 12.2 Å². The van der Waals surface area contributed by atoms with E-state index in [1.54, 1.807) is 6.92 Å². The van der Waals surface area contributed by atoms with Gasteiger partial charge in [0.25, 0.3) is 10.1 Å². The van der Waals surface area contributed by atoms with Gasteiger partial charge in [-0.05, 0) is 19.1 Å². The number of hydroxylamine groups is 2. The Morgan fingerprint density at radius 3 is 2.27 bits per heavy atom. The SMILES string of the molecule is CCN(OS(C)(=O)=O)C(N)=S. The van der Waals surface area contributed by atoms with Gasteiger partial charge in [0.2, 0.25) is 0 Å². The molecule has 0 aromatic rings. The average Bonchev–Trinajstić information content (AvgIpc) is 1.80. The summed E-state index contributed by atoms with van der Waals surface area (Å²) in [5.74, 6) is 0. The van der Waals surface area contributed by atoms with Crippen molar-refractivity contribution in [3.63, 3.8) is 0 Å². The summed E-state index contributed by atoms with van der Waals surface area (Å²) < 4.78 is 25.4. The zero-order valence-corrected chi connectivity index (χ0v) is 7.91. The maximum atomic E-state index is 10.5. The molecule has 0 amide bonds. The summed E-state index contributed by atoms with van der Waals surface area (Å²) in [4.78, 5) is 0. The Morgan fingerprint density at radius 1 is 1.73 bits per heavy atom. The molecule has 7 heteroatoms. The molecule has 2 N–H and O–H groups in total. The first-order valence-corrected chi connectivity index (χ1v) is 5.06. The van der Waals surface area contributed by atoms with E-state index in [1.807, 2.05) is 0 Å². The predicted octanol–water partition coefficient (Wildman–Crippen LogP) is -0.557. The van der Waals surface area contributed by atoms with E-state index in [0.29, 0.717) is 6.54 Å². The normalized spacial score (nSPS) is 11.1. The summed E-state index contributed by atoms with van der Waals surface area (Å²) in [6.45, 7) is 1.97. The third kappa shape index (κ3) is 4.93. The van der Waals surface area contributed by atoms with Crippen LogP contribution in [0, 0.1) is 0 Å². The fraction of sp³-hybridized carbons (Fsp3) is 0.750. The third-order valence-electron chi connectivity index (χ3n) is 0.758. The van der Waals surface area contributed by atoms with Crippen LogP contribution < -0.4 is 5.73 Å². The van der Waals surface area contributed by atoms with Crippen molar-refractivity contribution in [1.29, 1.82) is 0 Å². The molecule has 0 spiro atoms. The van der Waals surface area contributed by atoms with E-state index in [-0.39, 0.29) is 5.11 Å². The largest absolute Gasteiger partial charge is 0.374 e. The summed E-state index contributed by atoms with van der Waals surface area (Å²) in [6, 6.07) is 0. The average molecular weight is 198 g/mol. The Morgan fingerprint density at radius 2 is 2.18 bits per heavy atom. The first-order chi connectivity index (χ1) is 4.87. The molecule has 0 saturated carbocycles. The van der Waals surface area contributed by atoms with E-state index in [4.69, 9.17) is 5.73 Å². The zero-order chi connectivity index (χ0) is 9.07. The highest BCUT2D eigenvalue weighted by molar-refractivity contribution is 7.86. The minimum absolute atomic E-state index is 0.0991. The summed E-state index contributed by atoms with van der Waals surface area (Å²) in [5, 5.41) is 0.822. The molecule has 0 fully saturated rings. The van der Waals surface area contributed by atoms with Crippen LogP contribution in [0.4, 0.5) is 0 Å². The minimum Gasteiger partial charge on any atom is -0.374 e. The van der Waals surface area contributed by atoms with E-state index < -0.39 is 10.1 Å². The second-order valence-corrected chi connectivity index (χ2v) is 3.79. The molecule has 0 aliphatic carbocycles. The van der Waals surface area contributed by atoms with Gasteiger partial charge in [0.1, 0.15) is 0 Å². The lowest BCUT2D eigenvalue weighted by Gasteiger charge is -2.16. The second kappa shape index (κ2) is 3.84. The summed E-state index contributed by atoms with van der Waals surface area (Å²) >= 11 is 4.50. The number of rotatable bonds is 3. The molecule has 0 heterocycles. The van der Waals surface area contributed by atoms with Gasteiger partial charge in [-0.1, -0.05) is 0 Å². The van der Waals surface area contributed by atoms with Crippen molar-refractivity contribution < 1.29 is 12.7 Å². The van der Waals surface area contributed by atoms with Crippen LogP contribution in [0.3, 0.4) is 0 Å². The van der Waals surface area contributed by atoms with Gasteiger partial charge in [-0.2, -0.15) is 8.42 Å². The fourth-order valence-electron chi connectivity index (χ4n) is 0.409. The summed E-state index contributed by atoms with van der Waals surface area (Å²) in [6.07, 6.45) is 0.925. The smallest absolute Gasteiger partial charge is 0.285 e. The fourth-order valence-corrected chi connectivity index (χ4v) is 1.13. The van der Waals surface area contributed by atoms with Crippen LogP contribution in [-0.4, -0.2) is 31.4 Å². The number of thiocarbonyl (C=S) groups is 1. The molecular formula is C4H10N2O3S2. The van der Waals surface area contributed by atoms with Crippen molar-refractivity contribution in [2.24, 2.45) is 5.73 Å². The monoisotopic (exact) mass is 198 g/mol. The molecule has 0 atom stereocenters. The second-order valence-electron chi connectivity index (χ2n) is 1.81. The first kappa shape index (κ1) is 10.6. The zero-order valence-electron chi connectivity index (χ0n) is 6.27.